The highest BCUT2D eigenvalue weighted by molar-refractivity contribution is 14.0. The number of aromatic nitrogens is 1. The number of carbonyl (C=O) groups excluding carboxylic acids is 1. The molecule has 1 heterocycles. The Hall–Kier alpha value is -1.77. The molecule has 3 N–H and O–H groups in total. The maximum atomic E-state index is 12.7. The molecule has 0 aliphatic heterocycles. The average molecular weight is 497 g/mol. The zero-order chi connectivity index (χ0) is 19.3. The van der Waals surface area contributed by atoms with Crippen molar-refractivity contribution in [2.45, 2.75) is 39.2 Å². The van der Waals surface area contributed by atoms with Crippen LogP contribution < -0.4 is 10.6 Å². The highest BCUT2D eigenvalue weighted by Crippen LogP contribution is 2.38. The number of H-pyrrole nitrogens is 1. The Morgan fingerprint density at radius 2 is 1.93 bits per heavy atom. The number of amides is 1. The summed E-state index contributed by atoms with van der Waals surface area (Å²) >= 11 is 0. The Labute approximate surface area is 184 Å². The number of fused-ring (bicyclic) bond motifs is 1. The van der Waals surface area contributed by atoms with Crippen molar-refractivity contribution in [3.8, 4) is 0 Å². The molecule has 1 aliphatic carbocycles. The highest BCUT2D eigenvalue weighted by atomic mass is 127. The summed E-state index contributed by atoms with van der Waals surface area (Å²) in [4.78, 5) is 22.6. The molecular formula is C21H32IN5O. The van der Waals surface area contributed by atoms with Crippen molar-refractivity contribution in [2.75, 3.05) is 27.2 Å². The fourth-order valence-electron chi connectivity index (χ4n) is 3.97. The molecule has 0 saturated heterocycles. The zero-order valence-corrected chi connectivity index (χ0v) is 19.4. The van der Waals surface area contributed by atoms with Gasteiger partial charge in [0.2, 0.25) is 5.91 Å². The molecule has 1 amide bonds. The molecule has 154 valence electrons. The largest absolute Gasteiger partial charge is 0.357 e. The van der Waals surface area contributed by atoms with Crippen LogP contribution in [0.3, 0.4) is 0 Å². The van der Waals surface area contributed by atoms with E-state index in [0.717, 1.165) is 49.4 Å². The van der Waals surface area contributed by atoms with Gasteiger partial charge in [0.15, 0.2) is 5.96 Å². The lowest BCUT2D eigenvalue weighted by atomic mass is 9.84. The van der Waals surface area contributed by atoms with Gasteiger partial charge >= 0.3 is 0 Å². The first-order valence-electron chi connectivity index (χ1n) is 9.85. The van der Waals surface area contributed by atoms with Crippen LogP contribution in [0.5, 0.6) is 0 Å². The SMILES string of the molecule is CCNC(=NCc1cc2ccccc2[nH]1)NCC1(C(=O)N(C)C)CCCC1.I. The third-order valence-corrected chi connectivity index (χ3v) is 5.35. The Bertz CT molecular complexity index is 775. The lowest BCUT2D eigenvalue weighted by Crippen LogP contribution is -2.49. The van der Waals surface area contributed by atoms with E-state index < -0.39 is 0 Å². The van der Waals surface area contributed by atoms with Gasteiger partial charge in [-0.1, -0.05) is 31.0 Å². The van der Waals surface area contributed by atoms with Crippen LogP contribution in [0.1, 0.15) is 38.3 Å². The smallest absolute Gasteiger partial charge is 0.230 e. The average Bonchev–Trinajstić information content (AvgIpc) is 3.30. The molecule has 1 aliphatic rings. The van der Waals surface area contributed by atoms with Crippen molar-refractivity contribution in [2.24, 2.45) is 10.4 Å². The van der Waals surface area contributed by atoms with E-state index in [-0.39, 0.29) is 35.3 Å². The van der Waals surface area contributed by atoms with Gasteiger partial charge in [-0.3, -0.25) is 4.79 Å². The predicted octanol–water partition coefficient (Wildman–Crippen LogP) is 3.49. The monoisotopic (exact) mass is 497 g/mol. The summed E-state index contributed by atoms with van der Waals surface area (Å²) in [7, 11) is 3.69. The summed E-state index contributed by atoms with van der Waals surface area (Å²) in [5, 5.41) is 7.91. The van der Waals surface area contributed by atoms with Crippen molar-refractivity contribution in [3.63, 3.8) is 0 Å². The molecule has 1 aromatic heterocycles. The molecular weight excluding hydrogens is 465 g/mol. The van der Waals surface area contributed by atoms with Crippen LogP contribution in [0, 0.1) is 5.41 Å². The van der Waals surface area contributed by atoms with E-state index in [9.17, 15) is 4.79 Å². The molecule has 28 heavy (non-hydrogen) atoms. The van der Waals surface area contributed by atoms with Gasteiger partial charge in [0, 0.05) is 38.4 Å². The molecule has 3 rings (SSSR count). The number of halogens is 1. The molecule has 1 aromatic carbocycles. The minimum Gasteiger partial charge on any atom is -0.357 e. The standard InChI is InChI=1S/C21H31N5O.HI/c1-4-22-20(23-14-17-13-16-9-5-6-10-18(16)25-17)24-15-21(11-7-8-12-21)19(27)26(2)3;/h5-6,9-10,13,25H,4,7-8,11-12,14-15H2,1-3H3,(H2,22,23,24);1H. The maximum absolute atomic E-state index is 12.7. The lowest BCUT2D eigenvalue weighted by molar-refractivity contribution is -0.138. The van der Waals surface area contributed by atoms with E-state index in [1.807, 2.05) is 26.2 Å². The summed E-state index contributed by atoms with van der Waals surface area (Å²) < 4.78 is 0. The Balaban J connectivity index is 0.00000280. The molecule has 0 radical (unpaired) electrons. The van der Waals surface area contributed by atoms with E-state index in [0.29, 0.717) is 13.1 Å². The van der Waals surface area contributed by atoms with Crippen molar-refractivity contribution < 1.29 is 4.79 Å². The van der Waals surface area contributed by atoms with Crippen molar-refractivity contribution in [1.29, 1.82) is 0 Å². The van der Waals surface area contributed by atoms with Crippen LogP contribution in [-0.4, -0.2) is 48.9 Å². The number of aliphatic imine (C=N–C) groups is 1. The third-order valence-electron chi connectivity index (χ3n) is 5.35. The summed E-state index contributed by atoms with van der Waals surface area (Å²) in [5.74, 6) is 0.980. The summed E-state index contributed by atoms with van der Waals surface area (Å²) in [5.41, 5.74) is 1.90. The predicted molar refractivity (Wildman–Crippen MR) is 126 cm³/mol. The van der Waals surface area contributed by atoms with Crippen LogP contribution in [0.2, 0.25) is 0 Å². The molecule has 0 bridgehead atoms. The van der Waals surface area contributed by atoms with Gasteiger partial charge in [0.1, 0.15) is 0 Å². The second kappa shape index (κ2) is 10.1. The van der Waals surface area contributed by atoms with E-state index in [1.54, 1.807) is 4.90 Å². The summed E-state index contributed by atoms with van der Waals surface area (Å²) in [6.45, 7) is 4.03. The minimum atomic E-state index is -0.305. The number of nitrogens with zero attached hydrogens (tertiary/aromatic N) is 2. The number of hydrogen-bond acceptors (Lipinski definition) is 2. The zero-order valence-electron chi connectivity index (χ0n) is 17.0. The quantitative estimate of drug-likeness (QED) is 0.325. The van der Waals surface area contributed by atoms with Crippen LogP contribution >= 0.6 is 24.0 Å². The normalized spacial score (nSPS) is 15.9. The first kappa shape index (κ1) is 22.5. The number of para-hydroxylation sites is 1. The third kappa shape index (κ3) is 5.18. The second-order valence-corrected chi connectivity index (χ2v) is 7.62. The number of hydrogen-bond donors (Lipinski definition) is 3. The molecule has 0 spiro atoms. The van der Waals surface area contributed by atoms with Gasteiger partial charge in [-0.2, -0.15) is 0 Å². The number of benzene rings is 1. The second-order valence-electron chi connectivity index (χ2n) is 7.62. The molecule has 6 nitrogen and oxygen atoms in total. The number of nitrogens with one attached hydrogen (secondary N) is 3. The molecule has 1 fully saturated rings. The summed E-state index contributed by atoms with van der Waals surface area (Å²) in [6, 6.07) is 10.4. The maximum Gasteiger partial charge on any atom is 0.230 e. The Morgan fingerprint density at radius 3 is 2.57 bits per heavy atom. The minimum absolute atomic E-state index is 0. The van der Waals surface area contributed by atoms with Crippen molar-refractivity contribution >= 4 is 46.7 Å². The molecule has 0 atom stereocenters. The van der Waals surface area contributed by atoms with Crippen LogP contribution in [0.15, 0.2) is 35.3 Å². The Kier molecular flexibility index (Phi) is 8.15. The van der Waals surface area contributed by atoms with Crippen molar-refractivity contribution in [3.05, 3.63) is 36.0 Å². The van der Waals surface area contributed by atoms with E-state index in [4.69, 9.17) is 4.99 Å². The lowest BCUT2D eigenvalue weighted by Gasteiger charge is -2.31. The number of rotatable bonds is 6. The van der Waals surface area contributed by atoms with Crippen LogP contribution in [0.25, 0.3) is 10.9 Å². The van der Waals surface area contributed by atoms with Crippen LogP contribution in [-0.2, 0) is 11.3 Å². The van der Waals surface area contributed by atoms with E-state index in [1.165, 1.54) is 5.39 Å². The first-order valence-corrected chi connectivity index (χ1v) is 9.85. The van der Waals surface area contributed by atoms with Crippen molar-refractivity contribution in [1.82, 2.24) is 20.5 Å². The first-order chi connectivity index (χ1) is 13.0. The Morgan fingerprint density at radius 1 is 1.21 bits per heavy atom. The molecule has 7 heteroatoms. The van der Waals surface area contributed by atoms with Gasteiger partial charge in [-0.15, -0.1) is 24.0 Å². The van der Waals surface area contributed by atoms with Gasteiger partial charge in [0.25, 0.3) is 0 Å². The van der Waals surface area contributed by atoms with Gasteiger partial charge < -0.3 is 20.5 Å². The van der Waals surface area contributed by atoms with E-state index in [2.05, 4.69) is 40.7 Å². The molecule has 0 unspecified atom stereocenters. The van der Waals surface area contributed by atoms with Crippen LogP contribution in [0.4, 0.5) is 0 Å². The highest BCUT2D eigenvalue weighted by Gasteiger charge is 2.42. The van der Waals surface area contributed by atoms with E-state index >= 15 is 0 Å². The number of aromatic amines is 1. The fraction of sp³-hybridized carbons (Fsp3) is 0.524. The van der Waals surface area contributed by atoms with Gasteiger partial charge in [0.05, 0.1) is 12.0 Å². The van der Waals surface area contributed by atoms with Gasteiger partial charge in [-0.25, -0.2) is 4.99 Å². The number of guanidine groups is 1. The van der Waals surface area contributed by atoms with Gasteiger partial charge in [-0.05, 0) is 37.3 Å². The topological polar surface area (TPSA) is 72.5 Å². The number of carbonyl (C=O) groups is 1. The molecule has 2 aromatic rings. The fourth-order valence-corrected chi connectivity index (χ4v) is 3.97. The molecule has 1 saturated carbocycles. The summed E-state index contributed by atoms with van der Waals surface area (Å²) in [6.07, 6.45) is 4.12.